The molecule has 0 amide bonds. The third kappa shape index (κ3) is 2.72. The molecule has 1 atom stereocenters. The maximum absolute atomic E-state index is 13.6. The van der Waals surface area contributed by atoms with Crippen LogP contribution in [0.5, 0.6) is 0 Å². The highest BCUT2D eigenvalue weighted by atomic mass is 19.1. The highest BCUT2D eigenvalue weighted by Crippen LogP contribution is 2.45. The third-order valence-corrected chi connectivity index (χ3v) is 5.16. The number of aryl methyl sites for hydroxylation is 1. The second-order valence-electron chi connectivity index (χ2n) is 6.31. The highest BCUT2D eigenvalue weighted by molar-refractivity contribution is 5.31. The summed E-state index contributed by atoms with van der Waals surface area (Å²) in [5, 5.41) is 11.1. The van der Waals surface area contributed by atoms with E-state index in [1.165, 1.54) is 12.1 Å². The van der Waals surface area contributed by atoms with E-state index in [1.807, 2.05) is 6.92 Å². The summed E-state index contributed by atoms with van der Waals surface area (Å²) in [6.45, 7) is 5.09. The van der Waals surface area contributed by atoms with Crippen LogP contribution < -0.4 is 0 Å². The quantitative estimate of drug-likeness (QED) is 0.930. The van der Waals surface area contributed by atoms with E-state index in [0.717, 1.165) is 63.1 Å². The average Bonchev–Trinajstić information content (AvgIpc) is 3.01. The Bertz CT molecular complexity index is 494. The highest BCUT2D eigenvalue weighted by Gasteiger charge is 2.46. The first-order valence-corrected chi connectivity index (χ1v) is 7.90. The Hall–Kier alpha value is -0.970. The topological polar surface area (TPSA) is 32.7 Å². The van der Waals surface area contributed by atoms with Gasteiger partial charge in [-0.15, -0.1) is 0 Å². The number of aliphatic hydroxyl groups excluding tert-OH is 1. The zero-order chi connectivity index (χ0) is 14.9. The number of aliphatic hydroxyl groups is 1. The second kappa shape index (κ2) is 6.03. The van der Waals surface area contributed by atoms with E-state index in [9.17, 15) is 9.50 Å². The lowest BCUT2D eigenvalue weighted by Gasteiger charge is -2.46. The predicted octanol–water partition coefficient (Wildman–Crippen LogP) is 2.81. The maximum Gasteiger partial charge on any atom is 0.123 e. The van der Waals surface area contributed by atoms with Crippen LogP contribution in [-0.4, -0.2) is 41.8 Å². The van der Waals surface area contributed by atoms with Gasteiger partial charge in [0.25, 0.3) is 0 Å². The molecule has 1 heterocycles. The van der Waals surface area contributed by atoms with Gasteiger partial charge in [0.2, 0.25) is 0 Å². The number of rotatable bonds is 3. The van der Waals surface area contributed by atoms with Crippen LogP contribution in [0.3, 0.4) is 0 Å². The Kier molecular flexibility index (Phi) is 4.29. The fourth-order valence-electron chi connectivity index (χ4n) is 3.95. The van der Waals surface area contributed by atoms with Crippen LogP contribution in [0.1, 0.15) is 42.9 Å². The Balaban J connectivity index is 1.94. The molecule has 21 heavy (non-hydrogen) atoms. The van der Waals surface area contributed by atoms with Crippen molar-refractivity contribution in [2.75, 3.05) is 26.3 Å². The van der Waals surface area contributed by atoms with Crippen molar-refractivity contribution in [1.82, 2.24) is 4.90 Å². The molecule has 0 aromatic heterocycles. The minimum atomic E-state index is -0.631. The van der Waals surface area contributed by atoms with Gasteiger partial charge in [0.05, 0.1) is 24.9 Å². The van der Waals surface area contributed by atoms with Crippen LogP contribution >= 0.6 is 0 Å². The lowest BCUT2D eigenvalue weighted by Crippen LogP contribution is -2.55. The molecule has 2 aliphatic rings. The molecule has 0 spiro atoms. The van der Waals surface area contributed by atoms with Gasteiger partial charge in [-0.3, -0.25) is 4.90 Å². The first-order valence-electron chi connectivity index (χ1n) is 7.90. The minimum Gasteiger partial charge on any atom is -0.386 e. The molecule has 1 saturated carbocycles. The van der Waals surface area contributed by atoms with Gasteiger partial charge in [0, 0.05) is 13.1 Å². The molecule has 0 radical (unpaired) electrons. The summed E-state index contributed by atoms with van der Waals surface area (Å²) in [6.07, 6.45) is 3.58. The van der Waals surface area contributed by atoms with Crippen molar-refractivity contribution in [3.8, 4) is 0 Å². The Morgan fingerprint density at radius 2 is 1.90 bits per heavy atom. The minimum absolute atomic E-state index is 0.248. The van der Waals surface area contributed by atoms with Gasteiger partial charge in [-0.2, -0.15) is 0 Å². The third-order valence-electron chi connectivity index (χ3n) is 5.16. The summed E-state index contributed by atoms with van der Waals surface area (Å²) < 4.78 is 19.1. The predicted molar refractivity (Wildman–Crippen MR) is 79.7 cm³/mol. The Labute approximate surface area is 125 Å². The van der Waals surface area contributed by atoms with Crippen molar-refractivity contribution in [1.29, 1.82) is 0 Å². The van der Waals surface area contributed by atoms with Crippen LogP contribution in [0.25, 0.3) is 0 Å². The number of nitrogens with zero attached hydrogens (tertiary/aromatic N) is 1. The number of hydrogen-bond acceptors (Lipinski definition) is 3. The smallest absolute Gasteiger partial charge is 0.123 e. The molecule has 0 bridgehead atoms. The van der Waals surface area contributed by atoms with Crippen molar-refractivity contribution in [3.63, 3.8) is 0 Å². The fourth-order valence-corrected chi connectivity index (χ4v) is 3.95. The van der Waals surface area contributed by atoms with Crippen LogP contribution in [0.2, 0.25) is 0 Å². The Morgan fingerprint density at radius 3 is 2.57 bits per heavy atom. The number of benzene rings is 1. The van der Waals surface area contributed by atoms with Crippen molar-refractivity contribution in [3.05, 3.63) is 35.1 Å². The molecule has 1 aliphatic carbocycles. The Morgan fingerprint density at radius 1 is 1.24 bits per heavy atom. The number of morpholine rings is 1. The lowest BCUT2D eigenvalue weighted by molar-refractivity contribution is -0.0776. The van der Waals surface area contributed by atoms with Crippen LogP contribution in [0, 0.1) is 12.7 Å². The fraction of sp³-hybridized carbons (Fsp3) is 0.647. The number of hydrogen-bond donors (Lipinski definition) is 1. The van der Waals surface area contributed by atoms with E-state index < -0.39 is 6.10 Å². The molecule has 1 saturated heterocycles. The molecule has 1 N–H and O–H groups in total. The summed E-state index contributed by atoms with van der Waals surface area (Å²) in [5.74, 6) is -0.273. The zero-order valence-electron chi connectivity index (χ0n) is 12.6. The molecule has 116 valence electrons. The molecular formula is C17H24FNO2. The van der Waals surface area contributed by atoms with Gasteiger partial charge >= 0.3 is 0 Å². The number of ether oxygens (including phenoxy) is 1. The first kappa shape index (κ1) is 14.9. The van der Waals surface area contributed by atoms with Crippen molar-refractivity contribution >= 4 is 0 Å². The van der Waals surface area contributed by atoms with Gasteiger partial charge in [-0.05, 0) is 43.0 Å². The van der Waals surface area contributed by atoms with Gasteiger partial charge < -0.3 is 9.84 Å². The van der Waals surface area contributed by atoms with Gasteiger partial charge in [0.1, 0.15) is 5.82 Å². The molecular weight excluding hydrogens is 269 g/mol. The van der Waals surface area contributed by atoms with Crippen molar-refractivity contribution in [2.45, 2.75) is 44.2 Å². The monoisotopic (exact) mass is 293 g/mol. The molecule has 2 fully saturated rings. The van der Waals surface area contributed by atoms with Gasteiger partial charge in [0.15, 0.2) is 0 Å². The van der Waals surface area contributed by atoms with E-state index in [4.69, 9.17) is 4.74 Å². The summed E-state index contributed by atoms with van der Waals surface area (Å²) >= 11 is 0. The van der Waals surface area contributed by atoms with Crippen LogP contribution in [-0.2, 0) is 4.74 Å². The molecule has 3 rings (SSSR count). The molecule has 1 unspecified atom stereocenters. The second-order valence-corrected chi connectivity index (χ2v) is 6.31. The summed E-state index contributed by atoms with van der Waals surface area (Å²) in [5.41, 5.74) is 1.45. The van der Waals surface area contributed by atoms with Gasteiger partial charge in [-0.1, -0.05) is 18.9 Å². The van der Waals surface area contributed by atoms with Crippen LogP contribution in [0.15, 0.2) is 18.2 Å². The van der Waals surface area contributed by atoms with Gasteiger partial charge in [-0.25, -0.2) is 4.39 Å². The van der Waals surface area contributed by atoms with E-state index in [0.29, 0.717) is 0 Å². The molecule has 1 aromatic rings. The van der Waals surface area contributed by atoms with E-state index in [-0.39, 0.29) is 11.4 Å². The molecule has 4 heteroatoms. The van der Waals surface area contributed by atoms with E-state index >= 15 is 0 Å². The van der Waals surface area contributed by atoms with E-state index in [1.54, 1.807) is 6.07 Å². The normalized spacial score (nSPS) is 24.1. The summed E-state index contributed by atoms with van der Waals surface area (Å²) in [4.78, 5) is 2.37. The van der Waals surface area contributed by atoms with Crippen molar-refractivity contribution < 1.29 is 14.2 Å². The zero-order valence-corrected chi connectivity index (χ0v) is 12.6. The molecule has 1 aromatic carbocycles. The number of halogens is 1. The lowest BCUT2D eigenvalue weighted by atomic mass is 9.82. The maximum atomic E-state index is 13.6. The SMILES string of the molecule is Cc1ccc(F)cc1C(O)C1(N2CCOCC2)CCCC1. The first-order chi connectivity index (χ1) is 10.1. The molecule has 1 aliphatic heterocycles. The van der Waals surface area contributed by atoms with E-state index in [2.05, 4.69) is 4.90 Å². The molecule has 3 nitrogen and oxygen atoms in total. The van der Waals surface area contributed by atoms with Crippen molar-refractivity contribution in [2.24, 2.45) is 0 Å². The average molecular weight is 293 g/mol. The summed E-state index contributed by atoms with van der Waals surface area (Å²) in [6, 6.07) is 4.72. The van der Waals surface area contributed by atoms with Crippen LogP contribution in [0.4, 0.5) is 4.39 Å². The largest absolute Gasteiger partial charge is 0.386 e. The standard InChI is InChI=1S/C17H24FNO2/c1-13-4-5-14(18)12-15(13)16(20)17(6-2-3-7-17)19-8-10-21-11-9-19/h4-5,12,16,20H,2-3,6-11H2,1H3. The summed E-state index contributed by atoms with van der Waals surface area (Å²) in [7, 11) is 0.